The van der Waals surface area contributed by atoms with E-state index in [2.05, 4.69) is 305 Å². The molecule has 0 aromatic rings. The van der Waals surface area contributed by atoms with Gasteiger partial charge in [-0.05, 0) is 193 Å². The highest BCUT2D eigenvalue weighted by atomic mass is 31.2. The zero-order valence-corrected chi connectivity index (χ0v) is 66.2. The van der Waals surface area contributed by atoms with Crippen molar-refractivity contribution in [3.8, 4) is 0 Å². The second-order valence-electron chi connectivity index (χ2n) is 25.9. The van der Waals surface area contributed by atoms with Crippen molar-refractivity contribution in [2.24, 2.45) is 0 Å². The number of esters is 2. The number of phosphoric acid groups is 1. The molecule has 0 aromatic heterocycles. The van der Waals surface area contributed by atoms with Crippen molar-refractivity contribution in [1.29, 1.82) is 0 Å². The molecular weight excluding hydrogens is 1300 g/mol. The van der Waals surface area contributed by atoms with Crippen LogP contribution in [-0.2, 0) is 32.7 Å². The van der Waals surface area contributed by atoms with Gasteiger partial charge in [0, 0.05) is 12.8 Å². The molecular formula is C94H140NO8P. The molecule has 0 aromatic carbocycles. The standard InChI is InChI=1S/C94H140NO8P/c1-6-8-10-12-14-16-18-20-22-24-26-28-30-32-34-36-38-40-42-44-46-47-49-51-53-55-57-59-61-63-65-67-69-71-73-75-77-79-81-83-85-87-94(97)103-92(91-102-104(98,99)101-89-88-95(3,4)5)90-100-93(96)86-84-82-80-78-76-74-72-70-68-66-64-62-60-58-56-54-52-50-48-45-43-41-39-37-35-33-31-29-27-25-23-21-19-17-15-13-11-9-7-2/h8-11,14-17,20-23,26-29,32-35,38-41,44-46,48-49,51-52,54-55,57-58,60-61,63-64,66-67,69-70,72-73,75-76,78,92H,6-7,12-13,18-19,24-25,30-31,36-37,42-43,47,50,53,56,59,62,65,68,71,74,77,79-91H2,1-5H3/b10-8-,11-9-,16-14-,17-15-,22-20-,23-21-,28-26-,29-27-,34-32-,35-33-,40-38-,41-39-,46-44-,48-45-,51-49-,54-52-,57-55-,60-58-,63-61-,66-64-,69-67-,72-70-,75-73-,78-76-. The summed E-state index contributed by atoms with van der Waals surface area (Å²) in [7, 11) is 1.08. The van der Waals surface area contributed by atoms with Crippen molar-refractivity contribution in [2.75, 3.05) is 47.5 Å². The zero-order valence-electron chi connectivity index (χ0n) is 65.3. The van der Waals surface area contributed by atoms with E-state index in [1.54, 1.807) is 0 Å². The lowest BCUT2D eigenvalue weighted by Gasteiger charge is -2.28. The maximum absolute atomic E-state index is 12.9. The smallest absolute Gasteiger partial charge is 0.306 e. The lowest BCUT2D eigenvalue weighted by atomic mass is 10.1. The van der Waals surface area contributed by atoms with Gasteiger partial charge in [0.25, 0.3) is 7.82 Å². The highest BCUT2D eigenvalue weighted by Gasteiger charge is 2.22. The number of carbonyl (C=O) groups excluding carboxylic acids is 2. The van der Waals surface area contributed by atoms with Crippen molar-refractivity contribution in [2.45, 2.75) is 238 Å². The third-order valence-electron chi connectivity index (χ3n) is 15.1. The summed E-state index contributed by atoms with van der Waals surface area (Å²) in [4.78, 5) is 38.1. The first-order valence-electron chi connectivity index (χ1n) is 39.3. The average molecular weight is 1440 g/mol. The number of hydrogen-bond acceptors (Lipinski definition) is 8. The lowest BCUT2D eigenvalue weighted by Crippen LogP contribution is -2.37. The molecule has 0 rings (SSSR count). The van der Waals surface area contributed by atoms with Crippen molar-refractivity contribution >= 4 is 19.8 Å². The van der Waals surface area contributed by atoms with Gasteiger partial charge >= 0.3 is 11.9 Å². The summed E-state index contributed by atoms with van der Waals surface area (Å²) in [5.41, 5.74) is 0. The molecule has 0 saturated carbocycles. The molecule has 0 N–H and O–H groups in total. The average Bonchev–Trinajstić information content (AvgIpc) is 0.920. The molecule has 0 saturated heterocycles. The van der Waals surface area contributed by atoms with Gasteiger partial charge < -0.3 is 27.9 Å². The fourth-order valence-electron chi connectivity index (χ4n) is 9.21. The molecule has 2 atom stereocenters. The molecule has 0 aliphatic rings. The Morgan fingerprint density at radius 1 is 0.298 bits per heavy atom. The van der Waals surface area contributed by atoms with Crippen LogP contribution in [0.15, 0.2) is 292 Å². The quantitative estimate of drug-likeness (QED) is 0.0195. The summed E-state index contributed by atoms with van der Waals surface area (Å²) >= 11 is 0. The number of hydrogen-bond donors (Lipinski definition) is 0. The van der Waals surface area contributed by atoms with Gasteiger partial charge in [-0.1, -0.05) is 318 Å². The Bertz CT molecular complexity index is 2870. The Hall–Kier alpha value is -7.23. The number of rotatable bonds is 68. The van der Waals surface area contributed by atoms with Crippen molar-refractivity contribution in [3.05, 3.63) is 292 Å². The summed E-state index contributed by atoms with van der Waals surface area (Å²) in [6.07, 6.45) is 136. The number of quaternary nitrogens is 1. The minimum atomic E-state index is -4.69. The van der Waals surface area contributed by atoms with Crippen LogP contribution in [0.2, 0.25) is 0 Å². The lowest BCUT2D eigenvalue weighted by molar-refractivity contribution is -0.870. The molecule has 2 unspecified atom stereocenters. The molecule has 0 fully saturated rings. The summed E-state index contributed by atoms with van der Waals surface area (Å²) < 4.78 is 34.2. The third kappa shape index (κ3) is 83.7. The maximum atomic E-state index is 12.9. The van der Waals surface area contributed by atoms with Crippen LogP contribution in [0, 0.1) is 0 Å². The third-order valence-corrected chi connectivity index (χ3v) is 16.1. The predicted octanol–water partition coefficient (Wildman–Crippen LogP) is 26.3. The molecule has 104 heavy (non-hydrogen) atoms. The van der Waals surface area contributed by atoms with Crippen LogP contribution in [0.1, 0.15) is 232 Å². The maximum Gasteiger partial charge on any atom is 0.306 e. The summed E-state index contributed by atoms with van der Waals surface area (Å²) in [6, 6.07) is 0. The summed E-state index contributed by atoms with van der Waals surface area (Å²) in [5.74, 6) is -0.940. The molecule has 0 bridgehead atoms. The van der Waals surface area contributed by atoms with Crippen LogP contribution in [0.4, 0.5) is 0 Å². The largest absolute Gasteiger partial charge is 0.756 e. The first-order valence-corrected chi connectivity index (χ1v) is 40.8. The molecule has 0 heterocycles. The fraction of sp³-hybridized carbons (Fsp3) is 0.468. The molecule has 0 radical (unpaired) electrons. The molecule has 0 amide bonds. The topological polar surface area (TPSA) is 111 Å². The number of allylic oxidation sites excluding steroid dienone is 48. The molecule has 9 nitrogen and oxygen atoms in total. The number of phosphoric ester groups is 1. The SMILES string of the molecule is CC/C=C\C/C=C\C/C=C\C/C=C\C/C=C\C/C=C\C/C=C\C/C=C\C/C=C\C/C=C\C/C=C\C/C=C\CCCCCCC(=O)OC(COC(=O)CCCC/C=C\C/C=C\C/C=C\C/C=C\C/C=C\C/C=C\C/C=C\C/C=C\C/C=C\C/C=C\C/C=C\C/C=C\CC)COP(=O)([O-])OCC[N+](C)(C)C. The van der Waals surface area contributed by atoms with E-state index in [9.17, 15) is 19.0 Å². The van der Waals surface area contributed by atoms with E-state index in [1.165, 1.54) is 0 Å². The van der Waals surface area contributed by atoms with Crippen LogP contribution in [0.5, 0.6) is 0 Å². The number of nitrogens with zero attached hydrogens (tertiary/aromatic N) is 1. The molecule has 0 aliphatic heterocycles. The van der Waals surface area contributed by atoms with E-state index in [1.807, 2.05) is 21.1 Å². The monoisotopic (exact) mass is 1440 g/mol. The van der Waals surface area contributed by atoms with E-state index >= 15 is 0 Å². The summed E-state index contributed by atoms with van der Waals surface area (Å²) in [5, 5.41) is 0. The normalized spacial score (nSPS) is 14.6. The van der Waals surface area contributed by atoms with Crippen LogP contribution >= 0.6 is 7.82 Å². The van der Waals surface area contributed by atoms with E-state index in [-0.39, 0.29) is 26.1 Å². The first kappa shape index (κ1) is 96.8. The van der Waals surface area contributed by atoms with Crippen molar-refractivity contribution < 1.29 is 42.1 Å². The highest BCUT2D eigenvalue weighted by Crippen LogP contribution is 2.38. The Balaban J connectivity index is 4.27. The highest BCUT2D eigenvalue weighted by molar-refractivity contribution is 7.45. The zero-order chi connectivity index (χ0) is 75.4. The van der Waals surface area contributed by atoms with Gasteiger partial charge in [0.15, 0.2) is 6.10 Å². The van der Waals surface area contributed by atoms with E-state index in [0.717, 1.165) is 193 Å². The van der Waals surface area contributed by atoms with Crippen molar-refractivity contribution in [1.82, 2.24) is 0 Å². The van der Waals surface area contributed by atoms with Gasteiger partial charge in [0.2, 0.25) is 0 Å². The predicted molar refractivity (Wildman–Crippen MR) is 451 cm³/mol. The number of ether oxygens (including phenoxy) is 2. The first-order chi connectivity index (χ1) is 51.0. The minimum absolute atomic E-state index is 0.0603. The van der Waals surface area contributed by atoms with E-state index < -0.39 is 32.5 Å². The van der Waals surface area contributed by atoms with Gasteiger partial charge in [-0.3, -0.25) is 14.2 Å². The van der Waals surface area contributed by atoms with Crippen LogP contribution < -0.4 is 4.89 Å². The molecule has 574 valence electrons. The van der Waals surface area contributed by atoms with Gasteiger partial charge in [-0.25, -0.2) is 0 Å². The van der Waals surface area contributed by atoms with Gasteiger partial charge in [-0.2, -0.15) is 0 Å². The minimum Gasteiger partial charge on any atom is -0.756 e. The number of likely N-dealkylation sites (N-methyl/N-ethyl adjacent to an activating group) is 1. The van der Waals surface area contributed by atoms with Gasteiger partial charge in [-0.15, -0.1) is 0 Å². The number of unbranched alkanes of at least 4 members (excludes halogenated alkanes) is 6. The Labute approximate surface area is 635 Å². The Morgan fingerprint density at radius 2 is 0.519 bits per heavy atom. The fourth-order valence-corrected chi connectivity index (χ4v) is 9.93. The van der Waals surface area contributed by atoms with E-state index in [4.69, 9.17) is 18.5 Å². The van der Waals surface area contributed by atoms with Gasteiger partial charge in [0.05, 0.1) is 27.7 Å². The second kappa shape index (κ2) is 79.9. The Morgan fingerprint density at radius 3 is 0.779 bits per heavy atom. The Kier molecular flexibility index (Phi) is 74.3. The molecule has 0 spiro atoms. The second-order valence-corrected chi connectivity index (χ2v) is 27.3. The van der Waals surface area contributed by atoms with Gasteiger partial charge in [0.1, 0.15) is 19.8 Å². The molecule has 0 aliphatic carbocycles. The number of carbonyl (C=O) groups is 2. The summed E-state index contributed by atoms with van der Waals surface area (Å²) in [6.45, 7) is 3.88. The van der Waals surface area contributed by atoms with Crippen molar-refractivity contribution in [3.63, 3.8) is 0 Å². The van der Waals surface area contributed by atoms with E-state index in [0.29, 0.717) is 23.9 Å². The molecule has 10 heteroatoms. The van der Waals surface area contributed by atoms with Crippen LogP contribution in [-0.4, -0.2) is 70.0 Å². The van der Waals surface area contributed by atoms with Crippen LogP contribution in [0.3, 0.4) is 0 Å². The van der Waals surface area contributed by atoms with Crippen LogP contribution in [0.25, 0.3) is 0 Å².